The third-order valence-corrected chi connectivity index (χ3v) is 3.91. The number of nitrogens with zero attached hydrogens (tertiary/aromatic N) is 2. The van der Waals surface area contributed by atoms with Crippen molar-refractivity contribution in [2.75, 3.05) is 25.9 Å². The van der Waals surface area contributed by atoms with Crippen LogP contribution in [0.4, 0.5) is 0 Å². The summed E-state index contributed by atoms with van der Waals surface area (Å²) >= 11 is 4.05. The van der Waals surface area contributed by atoms with E-state index in [9.17, 15) is 4.79 Å². The maximum Gasteiger partial charge on any atom is 0.232 e. The Kier molecular flexibility index (Phi) is 3.02. The number of hydrogen-bond donors (Lipinski definition) is 1. The van der Waals surface area contributed by atoms with Crippen molar-refractivity contribution in [1.29, 1.82) is 0 Å². The van der Waals surface area contributed by atoms with Gasteiger partial charge in [-0.05, 0) is 26.3 Å². The molecule has 80 valence electrons. The summed E-state index contributed by atoms with van der Waals surface area (Å²) in [6.07, 6.45) is 3.69. The van der Waals surface area contributed by atoms with Crippen molar-refractivity contribution in [2.45, 2.75) is 31.3 Å². The Morgan fingerprint density at radius 2 is 2.07 bits per heavy atom. The number of likely N-dealkylation sites (tertiary alicyclic amines) is 1. The van der Waals surface area contributed by atoms with E-state index >= 15 is 0 Å². The minimum atomic E-state index is 0.189. The van der Waals surface area contributed by atoms with Crippen LogP contribution in [-0.2, 0) is 4.79 Å². The Balaban J connectivity index is 2.03. The summed E-state index contributed by atoms with van der Waals surface area (Å²) in [5, 5.41) is 0. The fourth-order valence-corrected chi connectivity index (χ4v) is 2.84. The molecular formula is C10H18N2OS. The fraction of sp³-hybridized carbons (Fsp3) is 0.900. The van der Waals surface area contributed by atoms with Crippen LogP contribution >= 0.6 is 12.6 Å². The summed E-state index contributed by atoms with van der Waals surface area (Å²) < 4.78 is 0. The molecule has 0 aromatic carbocycles. The van der Waals surface area contributed by atoms with E-state index < -0.39 is 0 Å². The van der Waals surface area contributed by atoms with Crippen molar-refractivity contribution in [3.05, 3.63) is 0 Å². The molecule has 0 saturated carbocycles. The second-order valence-corrected chi connectivity index (χ2v) is 4.65. The first kappa shape index (κ1) is 10.3. The van der Waals surface area contributed by atoms with Crippen LogP contribution in [0.25, 0.3) is 0 Å². The Bertz CT molecular complexity index is 234. The number of hydrogen-bond acceptors (Lipinski definition) is 3. The number of carbonyl (C=O) groups excluding carboxylic acids is 1. The van der Waals surface area contributed by atoms with Crippen LogP contribution in [0.5, 0.6) is 0 Å². The van der Waals surface area contributed by atoms with Crippen LogP contribution in [0, 0.1) is 0 Å². The monoisotopic (exact) mass is 214 g/mol. The van der Waals surface area contributed by atoms with Gasteiger partial charge in [-0.15, -0.1) is 0 Å². The second-order valence-electron chi connectivity index (χ2n) is 4.34. The highest BCUT2D eigenvalue weighted by Gasteiger charge is 2.35. The van der Waals surface area contributed by atoms with Gasteiger partial charge >= 0.3 is 0 Å². The number of fused-ring (bicyclic) bond motifs is 2. The first-order valence-electron chi connectivity index (χ1n) is 5.33. The maximum absolute atomic E-state index is 11.5. The Labute approximate surface area is 90.8 Å². The maximum atomic E-state index is 11.5. The predicted octanol–water partition coefficient (Wildman–Crippen LogP) is 0.611. The molecule has 2 fully saturated rings. The lowest BCUT2D eigenvalue weighted by atomic mass is 10.1. The highest BCUT2D eigenvalue weighted by Crippen LogP contribution is 2.28. The van der Waals surface area contributed by atoms with Crippen LogP contribution in [0.2, 0.25) is 0 Å². The zero-order chi connectivity index (χ0) is 10.1. The standard InChI is InChI=1S/C10H18N2OS/c1-11-8-2-3-9(11)6-12(5-4-8)10(13)7-14/h8-9,14H,2-7H2,1H3. The van der Waals surface area contributed by atoms with E-state index in [0.29, 0.717) is 17.8 Å². The van der Waals surface area contributed by atoms with Gasteiger partial charge in [-0.25, -0.2) is 0 Å². The van der Waals surface area contributed by atoms with Gasteiger partial charge in [0.15, 0.2) is 0 Å². The summed E-state index contributed by atoms with van der Waals surface area (Å²) in [5.41, 5.74) is 0. The third-order valence-electron chi connectivity index (χ3n) is 3.64. The number of rotatable bonds is 1. The molecule has 0 radical (unpaired) electrons. The van der Waals surface area contributed by atoms with Crippen LogP contribution in [0.15, 0.2) is 0 Å². The molecule has 2 bridgehead atoms. The van der Waals surface area contributed by atoms with Gasteiger partial charge in [0.25, 0.3) is 0 Å². The minimum absolute atomic E-state index is 0.189. The van der Waals surface area contributed by atoms with Gasteiger partial charge in [0, 0.05) is 25.2 Å². The van der Waals surface area contributed by atoms with Crippen LogP contribution in [-0.4, -0.2) is 53.7 Å². The van der Waals surface area contributed by atoms with E-state index in [2.05, 4.69) is 24.6 Å². The number of thiol groups is 1. The van der Waals surface area contributed by atoms with Crippen molar-refractivity contribution in [3.63, 3.8) is 0 Å². The van der Waals surface area contributed by atoms with Crippen molar-refractivity contribution in [2.24, 2.45) is 0 Å². The quantitative estimate of drug-likeness (QED) is 0.647. The third kappa shape index (κ3) is 1.77. The molecular weight excluding hydrogens is 196 g/mol. The Morgan fingerprint density at radius 1 is 1.36 bits per heavy atom. The first-order chi connectivity index (χ1) is 6.72. The topological polar surface area (TPSA) is 23.6 Å². The Hall–Kier alpha value is -0.220. The van der Waals surface area contributed by atoms with Gasteiger partial charge in [-0.2, -0.15) is 12.6 Å². The summed E-state index contributed by atoms with van der Waals surface area (Å²) in [6.45, 7) is 1.83. The molecule has 2 aliphatic rings. The molecule has 2 heterocycles. The molecule has 0 aliphatic carbocycles. The second kappa shape index (κ2) is 4.11. The van der Waals surface area contributed by atoms with Crippen LogP contribution < -0.4 is 0 Å². The van der Waals surface area contributed by atoms with Gasteiger partial charge in [0.2, 0.25) is 5.91 Å². The summed E-state index contributed by atoms with van der Waals surface area (Å²) in [7, 11) is 2.19. The van der Waals surface area contributed by atoms with Gasteiger partial charge < -0.3 is 4.90 Å². The molecule has 14 heavy (non-hydrogen) atoms. The van der Waals surface area contributed by atoms with Gasteiger partial charge in [0.1, 0.15) is 0 Å². The molecule has 0 spiro atoms. The molecule has 2 unspecified atom stereocenters. The normalized spacial score (nSPS) is 33.1. The van der Waals surface area contributed by atoms with E-state index in [4.69, 9.17) is 0 Å². The first-order valence-corrected chi connectivity index (χ1v) is 5.96. The van der Waals surface area contributed by atoms with Crippen molar-refractivity contribution in [1.82, 2.24) is 9.80 Å². The van der Waals surface area contributed by atoms with E-state index in [0.717, 1.165) is 19.5 Å². The number of likely N-dealkylation sites (N-methyl/N-ethyl adjacent to an activating group) is 1. The highest BCUT2D eigenvalue weighted by molar-refractivity contribution is 7.81. The molecule has 0 aromatic heterocycles. The van der Waals surface area contributed by atoms with Crippen molar-refractivity contribution < 1.29 is 4.79 Å². The van der Waals surface area contributed by atoms with E-state index in [-0.39, 0.29) is 5.91 Å². The molecule has 2 saturated heterocycles. The van der Waals surface area contributed by atoms with E-state index in [1.165, 1.54) is 12.8 Å². The zero-order valence-corrected chi connectivity index (χ0v) is 9.54. The number of amides is 1. The molecule has 3 nitrogen and oxygen atoms in total. The Morgan fingerprint density at radius 3 is 2.79 bits per heavy atom. The SMILES string of the molecule is CN1C2CCC1CN(C(=O)CS)CC2. The minimum Gasteiger partial charge on any atom is -0.340 e. The number of carbonyl (C=O) groups is 1. The van der Waals surface area contributed by atoms with E-state index in [1.54, 1.807) is 0 Å². The van der Waals surface area contributed by atoms with Gasteiger partial charge in [-0.1, -0.05) is 0 Å². The van der Waals surface area contributed by atoms with Gasteiger partial charge in [0.05, 0.1) is 5.75 Å². The summed E-state index contributed by atoms with van der Waals surface area (Å²) in [4.78, 5) is 16.0. The molecule has 4 heteroatoms. The lowest BCUT2D eigenvalue weighted by molar-refractivity contribution is -0.128. The average Bonchev–Trinajstić information content (AvgIpc) is 2.40. The van der Waals surface area contributed by atoms with Crippen molar-refractivity contribution in [3.8, 4) is 0 Å². The fourth-order valence-electron chi connectivity index (χ4n) is 2.64. The zero-order valence-electron chi connectivity index (χ0n) is 8.65. The lowest BCUT2D eigenvalue weighted by Crippen LogP contribution is -2.40. The molecule has 1 amide bonds. The average molecular weight is 214 g/mol. The lowest BCUT2D eigenvalue weighted by Gasteiger charge is -2.25. The highest BCUT2D eigenvalue weighted by atomic mass is 32.1. The molecule has 2 aliphatic heterocycles. The molecule has 2 rings (SSSR count). The molecule has 0 N–H and O–H groups in total. The van der Waals surface area contributed by atoms with Crippen LogP contribution in [0.1, 0.15) is 19.3 Å². The smallest absolute Gasteiger partial charge is 0.232 e. The molecule has 0 aromatic rings. The van der Waals surface area contributed by atoms with E-state index in [1.807, 2.05) is 4.90 Å². The van der Waals surface area contributed by atoms with Crippen molar-refractivity contribution >= 4 is 18.5 Å². The van der Waals surface area contributed by atoms with Crippen LogP contribution in [0.3, 0.4) is 0 Å². The summed E-state index contributed by atoms with van der Waals surface area (Å²) in [5.74, 6) is 0.537. The predicted molar refractivity (Wildman–Crippen MR) is 59.6 cm³/mol. The largest absolute Gasteiger partial charge is 0.340 e. The molecule has 2 atom stereocenters. The summed E-state index contributed by atoms with van der Waals surface area (Å²) in [6, 6.07) is 1.30. The van der Waals surface area contributed by atoms with Gasteiger partial charge in [-0.3, -0.25) is 9.69 Å².